The summed E-state index contributed by atoms with van der Waals surface area (Å²) >= 11 is 1.56. The Morgan fingerprint density at radius 1 is 1.48 bits per heavy atom. The molecular formula is C18H21N3O3S. The molecule has 0 saturated carbocycles. The molecule has 1 amide bonds. The normalized spacial score (nSPS) is 10.7. The molecule has 0 N–H and O–H groups in total. The molecule has 6 nitrogen and oxygen atoms in total. The van der Waals surface area contributed by atoms with Crippen molar-refractivity contribution in [1.29, 1.82) is 0 Å². The highest BCUT2D eigenvalue weighted by Gasteiger charge is 2.17. The van der Waals surface area contributed by atoms with Crippen molar-refractivity contribution in [1.82, 2.24) is 9.88 Å². The van der Waals surface area contributed by atoms with E-state index >= 15 is 0 Å². The van der Waals surface area contributed by atoms with Gasteiger partial charge in [-0.05, 0) is 5.56 Å². The predicted molar refractivity (Wildman–Crippen MR) is 98.6 cm³/mol. The van der Waals surface area contributed by atoms with Crippen molar-refractivity contribution in [2.24, 2.45) is 0 Å². The number of hydrogen-bond acceptors (Lipinski definition) is 5. The van der Waals surface area contributed by atoms with Gasteiger partial charge in [0.05, 0.1) is 22.0 Å². The number of aromatic nitrogens is 1. The van der Waals surface area contributed by atoms with Gasteiger partial charge in [0.2, 0.25) is 5.91 Å². The van der Waals surface area contributed by atoms with Crippen molar-refractivity contribution in [2.45, 2.75) is 32.7 Å². The second kappa shape index (κ2) is 8.53. The first-order valence-corrected chi connectivity index (χ1v) is 8.85. The largest absolute Gasteiger partial charge is 0.334 e. The van der Waals surface area contributed by atoms with E-state index in [9.17, 15) is 14.9 Å². The maximum atomic E-state index is 12.6. The molecule has 1 aromatic carbocycles. The molecule has 0 atom stereocenters. The summed E-state index contributed by atoms with van der Waals surface area (Å²) in [4.78, 5) is 29.2. The van der Waals surface area contributed by atoms with Crippen molar-refractivity contribution in [3.05, 3.63) is 68.7 Å². The van der Waals surface area contributed by atoms with Crippen LogP contribution >= 0.6 is 11.3 Å². The van der Waals surface area contributed by atoms with Crippen molar-refractivity contribution >= 4 is 22.9 Å². The average molecular weight is 359 g/mol. The number of non-ortho nitro benzene ring substituents is 1. The van der Waals surface area contributed by atoms with E-state index in [1.807, 2.05) is 5.38 Å². The minimum Gasteiger partial charge on any atom is -0.334 e. The third-order valence-corrected chi connectivity index (χ3v) is 4.79. The van der Waals surface area contributed by atoms with Gasteiger partial charge in [0.15, 0.2) is 0 Å². The summed E-state index contributed by atoms with van der Waals surface area (Å²) in [5.74, 6) is 0.259. The molecule has 0 bridgehead atoms. The van der Waals surface area contributed by atoms with Gasteiger partial charge in [0, 0.05) is 36.5 Å². The fourth-order valence-corrected chi connectivity index (χ4v) is 3.17. The number of nitro groups is 1. The molecule has 0 aliphatic heterocycles. The van der Waals surface area contributed by atoms with Crippen molar-refractivity contribution in [3.8, 4) is 0 Å². The van der Waals surface area contributed by atoms with Gasteiger partial charge in [-0.25, -0.2) is 4.98 Å². The Morgan fingerprint density at radius 3 is 2.84 bits per heavy atom. The molecule has 0 fully saturated rings. The van der Waals surface area contributed by atoms with Crippen LogP contribution in [0, 0.1) is 10.1 Å². The summed E-state index contributed by atoms with van der Waals surface area (Å²) in [6, 6.07) is 6.32. The van der Waals surface area contributed by atoms with Gasteiger partial charge in [-0.15, -0.1) is 17.9 Å². The highest BCUT2D eigenvalue weighted by Crippen LogP contribution is 2.20. The zero-order valence-corrected chi connectivity index (χ0v) is 15.2. The molecule has 2 rings (SSSR count). The monoisotopic (exact) mass is 359 g/mol. The number of amides is 1. The SMILES string of the molecule is C=CCN(Cc1cccc([N+](=O)[O-])c1)C(=O)Cc1csc(C(C)C)n1. The van der Waals surface area contributed by atoms with E-state index < -0.39 is 4.92 Å². The van der Waals surface area contributed by atoms with E-state index in [1.165, 1.54) is 12.1 Å². The zero-order chi connectivity index (χ0) is 18.4. The van der Waals surface area contributed by atoms with Crippen molar-refractivity contribution < 1.29 is 9.72 Å². The molecule has 0 unspecified atom stereocenters. The molecule has 25 heavy (non-hydrogen) atoms. The standard InChI is InChI=1S/C18H21N3O3S/c1-4-8-20(11-14-6-5-7-16(9-14)21(23)24)17(22)10-15-12-25-18(19-15)13(2)3/h4-7,9,12-13H,1,8,10-11H2,2-3H3. The van der Waals surface area contributed by atoms with Crippen LogP contribution in [0.2, 0.25) is 0 Å². The third kappa shape index (κ3) is 5.22. The first-order chi connectivity index (χ1) is 11.9. The Bertz CT molecular complexity index is 770. The Labute approximate surface area is 151 Å². The number of rotatable bonds is 8. The van der Waals surface area contributed by atoms with Gasteiger partial charge < -0.3 is 4.90 Å². The van der Waals surface area contributed by atoms with E-state index in [-0.39, 0.29) is 18.0 Å². The number of nitrogens with zero attached hydrogens (tertiary/aromatic N) is 3. The van der Waals surface area contributed by atoms with E-state index in [0.717, 1.165) is 10.7 Å². The number of thiazole rings is 1. The van der Waals surface area contributed by atoms with E-state index in [2.05, 4.69) is 25.4 Å². The van der Waals surface area contributed by atoms with Gasteiger partial charge in [-0.1, -0.05) is 32.1 Å². The summed E-state index contributed by atoms with van der Waals surface area (Å²) in [5, 5.41) is 13.8. The molecule has 132 valence electrons. The molecular weight excluding hydrogens is 338 g/mol. The lowest BCUT2D eigenvalue weighted by molar-refractivity contribution is -0.384. The van der Waals surface area contributed by atoms with Crippen LogP contribution < -0.4 is 0 Å². The maximum Gasteiger partial charge on any atom is 0.269 e. The number of benzene rings is 1. The van der Waals surface area contributed by atoms with Gasteiger partial charge in [-0.3, -0.25) is 14.9 Å². The Kier molecular flexibility index (Phi) is 6.41. The second-order valence-electron chi connectivity index (χ2n) is 6.00. The summed E-state index contributed by atoms with van der Waals surface area (Å²) < 4.78 is 0. The first-order valence-electron chi connectivity index (χ1n) is 7.97. The minimum absolute atomic E-state index is 0.0181. The van der Waals surface area contributed by atoms with E-state index in [1.54, 1.807) is 34.4 Å². The molecule has 0 spiro atoms. The van der Waals surface area contributed by atoms with Crippen LogP contribution in [0.5, 0.6) is 0 Å². The summed E-state index contributed by atoms with van der Waals surface area (Å²) in [6.45, 7) is 8.50. The average Bonchev–Trinajstić information content (AvgIpc) is 3.03. The molecule has 0 aliphatic carbocycles. The Hall–Kier alpha value is -2.54. The number of hydrogen-bond donors (Lipinski definition) is 0. The van der Waals surface area contributed by atoms with Crippen molar-refractivity contribution in [3.63, 3.8) is 0 Å². The highest BCUT2D eigenvalue weighted by molar-refractivity contribution is 7.09. The van der Waals surface area contributed by atoms with Crippen LogP contribution in [0.25, 0.3) is 0 Å². The van der Waals surface area contributed by atoms with Crippen LogP contribution in [-0.4, -0.2) is 27.3 Å². The maximum absolute atomic E-state index is 12.6. The molecule has 0 aliphatic rings. The molecule has 1 aromatic heterocycles. The summed E-state index contributed by atoms with van der Waals surface area (Å²) in [7, 11) is 0. The molecule has 1 heterocycles. The van der Waals surface area contributed by atoms with E-state index in [4.69, 9.17) is 0 Å². The van der Waals surface area contributed by atoms with Crippen molar-refractivity contribution in [2.75, 3.05) is 6.54 Å². The first kappa shape index (κ1) is 18.8. The lowest BCUT2D eigenvalue weighted by Crippen LogP contribution is -2.32. The molecule has 0 saturated heterocycles. The number of carbonyl (C=O) groups is 1. The lowest BCUT2D eigenvalue weighted by Gasteiger charge is -2.21. The van der Waals surface area contributed by atoms with Gasteiger partial charge in [-0.2, -0.15) is 0 Å². The second-order valence-corrected chi connectivity index (χ2v) is 6.89. The van der Waals surface area contributed by atoms with Gasteiger partial charge in [0.1, 0.15) is 0 Å². The zero-order valence-electron chi connectivity index (χ0n) is 14.3. The minimum atomic E-state index is -0.439. The Morgan fingerprint density at radius 2 is 2.24 bits per heavy atom. The number of nitro benzene ring substituents is 1. The fourth-order valence-electron chi connectivity index (χ4n) is 2.33. The molecule has 7 heteroatoms. The smallest absolute Gasteiger partial charge is 0.269 e. The lowest BCUT2D eigenvalue weighted by atomic mass is 10.1. The van der Waals surface area contributed by atoms with Gasteiger partial charge >= 0.3 is 0 Å². The van der Waals surface area contributed by atoms with Gasteiger partial charge in [0.25, 0.3) is 5.69 Å². The van der Waals surface area contributed by atoms with Crippen LogP contribution in [0.3, 0.4) is 0 Å². The van der Waals surface area contributed by atoms with Crippen LogP contribution in [0.15, 0.2) is 42.3 Å². The Balaban J connectivity index is 2.10. The van der Waals surface area contributed by atoms with E-state index in [0.29, 0.717) is 24.6 Å². The third-order valence-electron chi connectivity index (χ3n) is 3.59. The quantitative estimate of drug-likeness (QED) is 0.406. The highest BCUT2D eigenvalue weighted by atomic mass is 32.1. The summed E-state index contributed by atoms with van der Waals surface area (Å²) in [5.41, 5.74) is 1.49. The fraction of sp³-hybridized carbons (Fsp3) is 0.333. The number of carbonyl (C=O) groups excluding carboxylic acids is 1. The van der Waals surface area contributed by atoms with Crippen LogP contribution in [0.1, 0.15) is 36.0 Å². The predicted octanol–water partition coefficient (Wildman–Crippen LogP) is 3.93. The molecule has 0 radical (unpaired) electrons. The van der Waals surface area contributed by atoms with Crippen LogP contribution in [0.4, 0.5) is 5.69 Å². The summed E-state index contributed by atoms with van der Waals surface area (Å²) in [6.07, 6.45) is 1.86. The topological polar surface area (TPSA) is 76.3 Å². The van der Waals surface area contributed by atoms with Crippen LogP contribution in [-0.2, 0) is 17.8 Å². The molecule has 2 aromatic rings.